The molecule has 0 aliphatic carbocycles. The van der Waals surface area contributed by atoms with Crippen LogP contribution >= 0.6 is 0 Å². The molecule has 4 atom stereocenters. The molecule has 1 saturated heterocycles. The first-order valence-corrected chi connectivity index (χ1v) is 9.98. The average Bonchev–Trinajstić information content (AvgIpc) is 3.07. The van der Waals surface area contributed by atoms with Crippen molar-refractivity contribution in [1.82, 2.24) is 9.55 Å². The third-order valence-electron chi connectivity index (χ3n) is 5.69. The van der Waals surface area contributed by atoms with Crippen LogP contribution in [-0.4, -0.2) is 60.9 Å². The number of Topliss-reactive ketones (excluding diaryl/α,β-unsaturated/α-hetero) is 2. The van der Waals surface area contributed by atoms with Crippen LogP contribution in [-0.2, 0) is 10.5 Å². The van der Waals surface area contributed by atoms with Gasteiger partial charge in [0.25, 0.3) is 11.3 Å². The van der Waals surface area contributed by atoms with Crippen LogP contribution in [0.4, 0.5) is 0 Å². The maximum absolute atomic E-state index is 13.9. The maximum Gasteiger partial charge on any atom is 0.331 e. The van der Waals surface area contributed by atoms with Gasteiger partial charge in [0.2, 0.25) is 17.2 Å². The molecular formula is C23H20N2O8. The zero-order valence-electron chi connectivity index (χ0n) is 17.1. The second-order valence-corrected chi connectivity index (χ2v) is 7.56. The number of aromatic amines is 1. The number of nitrogens with zero attached hydrogens (tertiary/aromatic N) is 1. The van der Waals surface area contributed by atoms with Gasteiger partial charge in [-0.3, -0.25) is 23.9 Å². The zero-order chi connectivity index (χ0) is 23.8. The number of rotatable bonds is 6. The van der Waals surface area contributed by atoms with Crippen molar-refractivity contribution in [2.24, 2.45) is 0 Å². The number of ether oxygens (including phenoxy) is 1. The molecule has 10 heteroatoms. The third-order valence-corrected chi connectivity index (χ3v) is 5.69. The Hall–Kier alpha value is -3.70. The van der Waals surface area contributed by atoms with Crippen molar-refractivity contribution in [2.75, 3.05) is 6.61 Å². The van der Waals surface area contributed by atoms with Gasteiger partial charge in [0.15, 0.2) is 0 Å². The minimum atomic E-state index is -3.06. The molecule has 4 N–H and O–H groups in total. The number of hydrogen-bond donors (Lipinski definition) is 4. The van der Waals surface area contributed by atoms with Gasteiger partial charge in [0, 0.05) is 23.4 Å². The molecule has 0 saturated carbocycles. The van der Waals surface area contributed by atoms with E-state index in [1.165, 1.54) is 48.5 Å². The predicted molar refractivity (Wildman–Crippen MR) is 114 cm³/mol. The van der Waals surface area contributed by atoms with Gasteiger partial charge in [-0.1, -0.05) is 60.7 Å². The lowest BCUT2D eigenvalue weighted by Crippen LogP contribution is -2.68. The van der Waals surface area contributed by atoms with Crippen LogP contribution in [0.25, 0.3) is 0 Å². The number of H-pyrrole nitrogens is 1. The fourth-order valence-electron chi connectivity index (χ4n) is 4.10. The number of ketones is 2. The summed E-state index contributed by atoms with van der Waals surface area (Å²) >= 11 is 0. The topological polar surface area (TPSA) is 159 Å². The summed E-state index contributed by atoms with van der Waals surface area (Å²) in [6.45, 7) is -0.881. The van der Waals surface area contributed by atoms with Crippen LogP contribution in [0.3, 0.4) is 0 Å². The predicted octanol–water partition coefficient (Wildman–Crippen LogP) is -0.562. The number of carbonyl (C=O) groups is 2. The lowest BCUT2D eigenvalue weighted by Gasteiger charge is -2.40. The lowest BCUT2D eigenvalue weighted by molar-refractivity contribution is -0.144. The first-order valence-electron chi connectivity index (χ1n) is 9.98. The van der Waals surface area contributed by atoms with E-state index in [1.54, 1.807) is 12.1 Å². The van der Waals surface area contributed by atoms with Crippen molar-refractivity contribution in [1.29, 1.82) is 0 Å². The molecule has 10 nitrogen and oxygen atoms in total. The molecule has 2 aromatic carbocycles. The van der Waals surface area contributed by atoms with Gasteiger partial charge >= 0.3 is 5.69 Å². The van der Waals surface area contributed by atoms with Gasteiger partial charge in [-0.15, -0.1) is 0 Å². The molecule has 0 unspecified atom stereocenters. The number of nitrogens with one attached hydrogen (secondary N) is 1. The highest BCUT2D eigenvalue weighted by molar-refractivity contribution is 6.11. The first kappa shape index (κ1) is 22.5. The van der Waals surface area contributed by atoms with Crippen molar-refractivity contribution in [3.05, 3.63) is 105 Å². The van der Waals surface area contributed by atoms with Crippen LogP contribution in [0.2, 0.25) is 0 Å². The van der Waals surface area contributed by atoms with Crippen LogP contribution in [0.1, 0.15) is 20.7 Å². The monoisotopic (exact) mass is 452 g/mol. The van der Waals surface area contributed by atoms with E-state index in [9.17, 15) is 34.5 Å². The Morgan fingerprint density at radius 2 is 1.48 bits per heavy atom. The number of carbonyl (C=O) groups excluding carboxylic acids is 2. The first-order chi connectivity index (χ1) is 15.8. The van der Waals surface area contributed by atoms with E-state index in [0.717, 1.165) is 12.3 Å². The van der Waals surface area contributed by atoms with Crippen molar-refractivity contribution in [2.45, 2.75) is 23.5 Å². The Balaban J connectivity index is 2.08. The van der Waals surface area contributed by atoms with E-state index in [-0.39, 0.29) is 11.1 Å². The van der Waals surface area contributed by atoms with Crippen LogP contribution in [0.5, 0.6) is 0 Å². The highest BCUT2D eigenvalue weighted by Crippen LogP contribution is 2.47. The van der Waals surface area contributed by atoms with Crippen molar-refractivity contribution >= 4 is 11.6 Å². The van der Waals surface area contributed by atoms with Crippen LogP contribution in [0, 0.1) is 0 Å². The summed E-state index contributed by atoms with van der Waals surface area (Å²) in [5, 5.41) is 32.6. The number of aromatic nitrogens is 2. The van der Waals surface area contributed by atoms with Gasteiger partial charge in [0.05, 0.1) is 6.61 Å². The molecule has 4 rings (SSSR count). The van der Waals surface area contributed by atoms with Gasteiger partial charge < -0.3 is 20.1 Å². The van der Waals surface area contributed by atoms with E-state index in [4.69, 9.17) is 4.74 Å². The molecule has 2 heterocycles. The highest BCUT2D eigenvalue weighted by atomic mass is 16.6. The number of aliphatic hydroxyl groups excluding tert-OH is 2. The second-order valence-electron chi connectivity index (χ2n) is 7.56. The number of aliphatic hydroxyl groups is 3. The third kappa shape index (κ3) is 3.28. The summed E-state index contributed by atoms with van der Waals surface area (Å²) in [6, 6.07) is 15.6. The minimum absolute atomic E-state index is 0.0549. The molecule has 1 fully saturated rings. The Kier molecular flexibility index (Phi) is 5.68. The molecule has 1 aliphatic rings. The largest absolute Gasteiger partial charge is 0.394 e. The quantitative estimate of drug-likeness (QED) is 0.362. The number of benzene rings is 2. The van der Waals surface area contributed by atoms with Gasteiger partial charge in [-0.2, -0.15) is 0 Å². The molecule has 0 amide bonds. The number of hydrogen-bond acceptors (Lipinski definition) is 8. The van der Waals surface area contributed by atoms with E-state index in [2.05, 4.69) is 0 Å². The fourth-order valence-corrected chi connectivity index (χ4v) is 4.10. The van der Waals surface area contributed by atoms with E-state index in [0.29, 0.717) is 4.57 Å². The molecule has 33 heavy (non-hydrogen) atoms. The van der Waals surface area contributed by atoms with E-state index >= 15 is 0 Å². The Labute approximate surface area is 186 Å². The molecule has 0 bridgehead atoms. The van der Waals surface area contributed by atoms with Gasteiger partial charge in [0.1, 0.15) is 12.2 Å². The summed E-state index contributed by atoms with van der Waals surface area (Å²) in [5.74, 6) is -2.16. The minimum Gasteiger partial charge on any atom is -0.394 e. The average molecular weight is 452 g/mol. The SMILES string of the molecule is O=C(c1ccccc1)[C@@]1(O)[C@H](O)[C@@H](CO)O[C@@]1(C(=O)c1ccccc1)n1ccc(=O)[nH]c1=O. The molecular weight excluding hydrogens is 432 g/mol. The van der Waals surface area contributed by atoms with Crippen LogP contribution < -0.4 is 11.2 Å². The van der Waals surface area contributed by atoms with Crippen molar-refractivity contribution in [3.8, 4) is 0 Å². The van der Waals surface area contributed by atoms with E-state index < -0.39 is 53.0 Å². The lowest BCUT2D eigenvalue weighted by atomic mass is 9.76. The Bertz CT molecular complexity index is 1300. The molecule has 1 aliphatic heterocycles. The second kappa shape index (κ2) is 8.34. The van der Waals surface area contributed by atoms with Gasteiger partial charge in [-0.05, 0) is 0 Å². The molecule has 0 spiro atoms. The molecule has 170 valence electrons. The van der Waals surface area contributed by atoms with Crippen LogP contribution in [0.15, 0.2) is 82.5 Å². The Morgan fingerprint density at radius 1 is 0.939 bits per heavy atom. The standard InChI is InChI=1S/C23H20N2O8/c26-13-16-20(30)22(32,18(28)14-7-3-1-4-8-14)23(33-16,19(29)15-9-5-2-6-10-15)25-12-11-17(27)24-21(25)31/h1-12,16,20,26,30,32H,13H2,(H,24,27,31)/t16-,20-,22-,23-/m1/s1. The summed E-state index contributed by atoms with van der Waals surface area (Å²) in [6.07, 6.45) is -2.84. The zero-order valence-corrected chi connectivity index (χ0v) is 17.1. The summed E-state index contributed by atoms with van der Waals surface area (Å²) in [4.78, 5) is 54.0. The summed E-state index contributed by atoms with van der Waals surface area (Å²) in [7, 11) is 0. The summed E-state index contributed by atoms with van der Waals surface area (Å²) < 4.78 is 6.27. The van der Waals surface area contributed by atoms with Crippen molar-refractivity contribution in [3.63, 3.8) is 0 Å². The van der Waals surface area contributed by atoms with E-state index in [1.807, 2.05) is 4.98 Å². The smallest absolute Gasteiger partial charge is 0.331 e. The molecule has 3 aromatic rings. The molecule has 0 radical (unpaired) electrons. The normalized spacial score (nSPS) is 26.8. The van der Waals surface area contributed by atoms with Gasteiger partial charge in [-0.25, -0.2) is 4.79 Å². The summed E-state index contributed by atoms with van der Waals surface area (Å²) in [5.41, 5.74) is -8.01. The Morgan fingerprint density at radius 3 is 2.00 bits per heavy atom. The maximum atomic E-state index is 13.9. The fraction of sp³-hybridized carbons (Fsp3) is 0.217. The van der Waals surface area contributed by atoms with Crippen molar-refractivity contribution < 1.29 is 29.6 Å². The molecule has 1 aromatic heterocycles. The highest BCUT2D eigenvalue weighted by Gasteiger charge is 2.74.